The van der Waals surface area contributed by atoms with Crippen molar-refractivity contribution in [2.75, 3.05) is 0 Å². The van der Waals surface area contributed by atoms with E-state index in [0.717, 1.165) is 72.2 Å². The lowest BCUT2D eigenvalue weighted by atomic mass is 10.0. The van der Waals surface area contributed by atoms with E-state index < -0.39 is 0 Å². The Morgan fingerprint density at radius 2 is 0.742 bits per heavy atom. The summed E-state index contributed by atoms with van der Waals surface area (Å²) in [6, 6.07) is 76.2. The molecular formula is C56H36N6. The average molecular weight is 793 g/mol. The molecule has 0 bridgehead atoms. The van der Waals surface area contributed by atoms with E-state index in [4.69, 9.17) is 19.9 Å². The maximum absolute atomic E-state index is 5.19. The Morgan fingerprint density at radius 1 is 0.258 bits per heavy atom. The van der Waals surface area contributed by atoms with Crippen molar-refractivity contribution in [3.05, 3.63) is 218 Å². The summed E-state index contributed by atoms with van der Waals surface area (Å²) < 4.78 is 4.57. The van der Waals surface area contributed by atoms with Crippen LogP contribution in [0.25, 0.3) is 112 Å². The number of para-hydroxylation sites is 2. The Balaban J connectivity index is 1.01. The number of aromatic nitrogens is 6. The van der Waals surface area contributed by atoms with E-state index in [1.807, 2.05) is 66.7 Å². The molecule has 0 aliphatic carbocycles. The highest BCUT2D eigenvalue weighted by Crippen LogP contribution is 2.40. The van der Waals surface area contributed by atoms with Gasteiger partial charge in [0.25, 0.3) is 0 Å². The highest BCUT2D eigenvalue weighted by molar-refractivity contribution is 6.19. The molecule has 290 valence electrons. The molecular weight excluding hydrogens is 757 g/mol. The van der Waals surface area contributed by atoms with Crippen molar-refractivity contribution in [2.24, 2.45) is 0 Å². The van der Waals surface area contributed by atoms with Crippen molar-refractivity contribution >= 4 is 43.6 Å². The second kappa shape index (κ2) is 14.7. The van der Waals surface area contributed by atoms with Crippen molar-refractivity contribution in [1.82, 2.24) is 29.1 Å². The van der Waals surface area contributed by atoms with Crippen LogP contribution in [0.4, 0.5) is 0 Å². The molecule has 12 aromatic rings. The second-order valence-electron chi connectivity index (χ2n) is 15.5. The summed E-state index contributed by atoms with van der Waals surface area (Å²) in [7, 11) is 0. The van der Waals surface area contributed by atoms with Crippen LogP contribution in [0.1, 0.15) is 0 Å². The molecule has 4 aromatic heterocycles. The van der Waals surface area contributed by atoms with E-state index >= 15 is 0 Å². The topological polar surface area (TPSA) is 61.4 Å². The van der Waals surface area contributed by atoms with Gasteiger partial charge in [-0.1, -0.05) is 164 Å². The monoisotopic (exact) mass is 792 g/mol. The molecule has 0 spiro atoms. The van der Waals surface area contributed by atoms with Gasteiger partial charge in [-0.3, -0.25) is 4.57 Å². The van der Waals surface area contributed by atoms with Gasteiger partial charge in [-0.05, 0) is 65.7 Å². The van der Waals surface area contributed by atoms with Crippen LogP contribution in [-0.4, -0.2) is 29.1 Å². The van der Waals surface area contributed by atoms with Crippen LogP contribution >= 0.6 is 0 Å². The first-order valence-corrected chi connectivity index (χ1v) is 20.8. The van der Waals surface area contributed by atoms with Crippen molar-refractivity contribution < 1.29 is 0 Å². The summed E-state index contributed by atoms with van der Waals surface area (Å²) in [6.07, 6.45) is 0. The number of fused-ring (bicyclic) bond motifs is 6. The number of benzene rings is 8. The zero-order valence-corrected chi connectivity index (χ0v) is 33.5. The molecule has 0 amide bonds. The largest absolute Gasteiger partial charge is 0.309 e. The van der Waals surface area contributed by atoms with Crippen LogP contribution in [0.15, 0.2) is 218 Å². The lowest BCUT2D eigenvalue weighted by molar-refractivity contribution is 0.953. The van der Waals surface area contributed by atoms with Gasteiger partial charge in [-0.2, -0.15) is 9.97 Å². The third-order valence-electron chi connectivity index (χ3n) is 11.8. The van der Waals surface area contributed by atoms with Crippen LogP contribution in [0, 0.1) is 0 Å². The second-order valence-corrected chi connectivity index (χ2v) is 15.5. The Bertz CT molecular complexity index is 3550. The maximum Gasteiger partial charge on any atom is 0.238 e. The molecule has 6 heteroatoms. The molecule has 0 saturated carbocycles. The van der Waals surface area contributed by atoms with Gasteiger partial charge >= 0.3 is 0 Å². The normalized spacial score (nSPS) is 11.5. The number of hydrogen-bond acceptors (Lipinski definition) is 4. The zero-order valence-electron chi connectivity index (χ0n) is 33.5. The van der Waals surface area contributed by atoms with Crippen LogP contribution < -0.4 is 0 Å². The van der Waals surface area contributed by atoms with Gasteiger partial charge in [0, 0.05) is 49.5 Å². The first kappa shape index (κ1) is 35.5. The van der Waals surface area contributed by atoms with E-state index in [2.05, 4.69) is 161 Å². The Hall–Kier alpha value is -8.48. The molecule has 6 nitrogen and oxygen atoms in total. The fourth-order valence-corrected chi connectivity index (χ4v) is 8.85. The minimum absolute atomic E-state index is 0.566. The summed E-state index contributed by atoms with van der Waals surface area (Å²) in [6.45, 7) is 0. The molecule has 0 radical (unpaired) electrons. The van der Waals surface area contributed by atoms with Crippen LogP contribution in [0.2, 0.25) is 0 Å². The fourth-order valence-electron chi connectivity index (χ4n) is 8.85. The highest BCUT2D eigenvalue weighted by atomic mass is 15.2. The van der Waals surface area contributed by atoms with Gasteiger partial charge in [-0.15, -0.1) is 0 Å². The van der Waals surface area contributed by atoms with E-state index in [1.165, 1.54) is 21.9 Å². The van der Waals surface area contributed by atoms with E-state index in [9.17, 15) is 0 Å². The molecule has 0 unspecified atom stereocenters. The summed E-state index contributed by atoms with van der Waals surface area (Å²) in [5.74, 6) is 1.81. The molecule has 4 heterocycles. The molecule has 62 heavy (non-hydrogen) atoms. The van der Waals surface area contributed by atoms with Gasteiger partial charge < -0.3 is 4.57 Å². The van der Waals surface area contributed by atoms with Gasteiger partial charge in [0.15, 0.2) is 11.6 Å². The van der Waals surface area contributed by atoms with Gasteiger partial charge in [0.1, 0.15) is 0 Å². The summed E-state index contributed by atoms with van der Waals surface area (Å²) >= 11 is 0. The number of hydrogen-bond donors (Lipinski definition) is 0. The molecule has 12 rings (SSSR count). The molecule has 0 N–H and O–H groups in total. The molecule has 0 atom stereocenters. The third-order valence-corrected chi connectivity index (χ3v) is 11.8. The molecule has 0 aliphatic heterocycles. The van der Waals surface area contributed by atoms with Crippen molar-refractivity contribution in [1.29, 1.82) is 0 Å². The third kappa shape index (κ3) is 6.04. The Morgan fingerprint density at radius 3 is 1.37 bits per heavy atom. The van der Waals surface area contributed by atoms with Crippen molar-refractivity contribution in [3.63, 3.8) is 0 Å². The maximum atomic E-state index is 5.19. The quantitative estimate of drug-likeness (QED) is 0.161. The Kier molecular flexibility index (Phi) is 8.38. The summed E-state index contributed by atoms with van der Waals surface area (Å²) in [5, 5.41) is 4.64. The smallest absolute Gasteiger partial charge is 0.238 e. The number of pyridine rings is 1. The lowest BCUT2D eigenvalue weighted by Crippen LogP contribution is -2.06. The van der Waals surface area contributed by atoms with E-state index in [1.54, 1.807) is 0 Å². The van der Waals surface area contributed by atoms with Crippen LogP contribution in [0.5, 0.6) is 0 Å². The van der Waals surface area contributed by atoms with Crippen LogP contribution in [-0.2, 0) is 0 Å². The summed E-state index contributed by atoms with van der Waals surface area (Å²) in [4.78, 5) is 20.5. The predicted molar refractivity (Wildman–Crippen MR) is 253 cm³/mol. The first-order valence-electron chi connectivity index (χ1n) is 20.8. The predicted octanol–water partition coefficient (Wildman–Crippen LogP) is 13.8. The number of rotatable bonds is 7. The van der Waals surface area contributed by atoms with E-state index in [0.29, 0.717) is 17.6 Å². The van der Waals surface area contributed by atoms with E-state index in [-0.39, 0.29) is 0 Å². The Labute approximate surface area is 357 Å². The van der Waals surface area contributed by atoms with Crippen molar-refractivity contribution in [3.8, 4) is 68.1 Å². The van der Waals surface area contributed by atoms with Crippen LogP contribution in [0.3, 0.4) is 0 Å². The average Bonchev–Trinajstić information content (AvgIpc) is 3.86. The molecule has 8 aromatic carbocycles. The molecule has 0 fully saturated rings. The molecule has 0 aliphatic rings. The molecule has 0 saturated heterocycles. The van der Waals surface area contributed by atoms with Gasteiger partial charge in [-0.25, -0.2) is 9.97 Å². The van der Waals surface area contributed by atoms with Crippen molar-refractivity contribution in [2.45, 2.75) is 0 Å². The number of nitrogens with zero attached hydrogens (tertiary/aromatic N) is 6. The first-order chi connectivity index (χ1) is 30.7. The minimum atomic E-state index is 0.566. The lowest BCUT2D eigenvalue weighted by Gasteiger charge is -2.12. The zero-order chi connectivity index (χ0) is 41.0. The standard InChI is InChI=1S/C56H36N6/c1-4-16-37(17-5-1)41-22-14-23-42(34-41)49-27-15-26-48(57-49)38-30-32-43(33-31-38)61-50-28-12-10-24-44(50)46-35-47-45-25-11-13-29-51(45)62(53(47)36-52(46)61)56-59-54(39-18-6-2-7-19-39)58-55(60-56)40-20-8-3-9-21-40/h1-36H. The fraction of sp³-hybridized carbons (Fsp3) is 0. The SMILES string of the molecule is c1ccc(-c2cccc(-c3cccc(-c4ccc(-n5c6ccccc6c6cc7c8ccccc8n(-c8nc(-c9ccccc9)nc(-c9ccccc9)n8)c7cc65)cc4)n3)c2)cc1. The highest BCUT2D eigenvalue weighted by Gasteiger charge is 2.21. The minimum Gasteiger partial charge on any atom is -0.309 e. The van der Waals surface area contributed by atoms with Gasteiger partial charge in [0.05, 0.1) is 33.5 Å². The van der Waals surface area contributed by atoms with Gasteiger partial charge in [0.2, 0.25) is 5.95 Å². The summed E-state index contributed by atoms with van der Waals surface area (Å²) in [5.41, 5.74) is 13.6.